The Morgan fingerprint density at radius 3 is 2.68 bits per heavy atom. The van der Waals surface area contributed by atoms with Gasteiger partial charge in [0.2, 0.25) is 5.88 Å². The number of carboxylic acid groups (broad SMARTS) is 1. The van der Waals surface area contributed by atoms with Crippen LogP contribution in [-0.2, 0) is 0 Å². The van der Waals surface area contributed by atoms with Gasteiger partial charge in [-0.2, -0.15) is 4.98 Å². The van der Waals surface area contributed by atoms with E-state index in [0.717, 1.165) is 0 Å². The Hall–Kier alpha value is -2.37. The number of nitrogens with zero attached hydrogens (tertiary/aromatic N) is 3. The lowest BCUT2D eigenvalue weighted by Crippen LogP contribution is -2.09. The third-order valence-electron chi connectivity index (χ3n) is 2.89. The Morgan fingerprint density at radius 1 is 1.42 bits per heavy atom. The third kappa shape index (κ3) is 2.16. The van der Waals surface area contributed by atoms with Gasteiger partial charge in [0.25, 0.3) is 0 Å². The predicted octanol–water partition coefficient (Wildman–Crippen LogP) is 2.24. The van der Waals surface area contributed by atoms with E-state index in [1.54, 1.807) is 17.6 Å². The zero-order valence-electron chi connectivity index (χ0n) is 11.0. The number of imidazole rings is 1. The Balaban J connectivity index is 2.73. The topological polar surface area (TPSA) is 88.2 Å². The summed E-state index contributed by atoms with van der Waals surface area (Å²) < 4.78 is 1.77. The van der Waals surface area contributed by atoms with Crippen LogP contribution in [0.4, 0.5) is 0 Å². The molecular weight excluding hydrogens is 246 g/mol. The Morgan fingerprint density at radius 2 is 2.11 bits per heavy atom. The molecule has 0 aliphatic rings. The summed E-state index contributed by atoms with van der Waals surface area (Å²) in [5.41, 5.74) is 0.911. The van der Waals surface area contributed by atoms with Crippen molar-refractivity contribution < 1.29 is 15.0 Å². The Kier molecular flexibility index (Phi) is 3.25. The number of hydrogen-bond acceptors (Lipinski definition) is 4. The highest BCUT2D eigenvalue weighted by molar-refractivity contribution is 5.93. The molecule has 2 aromatic rings. The summed E-state index contributed by atoms with van der Waals surface area (Å²) in [7, 11) is 0. The zero-order chi connectivity index (χ0) is 14.2. The number of carbonyl (C=O) groups is 1. The minimum Gasteiger partial charge on any atom is -0.492 e. The molecule has 6 heteroatoms. The number of hydrogen-bond donors (Lipinski definition) is 2. The van der Waals surface area contributed by atoms with Gasteiger partial charge in [-0.3, -0.25) is 4.98 Å². The summed E-state index contributed by atoms with van der Waals surface area (Å²) in [5, 5.41) is 18.9. The van der Waals surface area contributed by atoms with E-state index in [-0.39, 0.29) is 23.2 Å². The summed E-state index contributed by atoms with van der Waals surface area (Å²) >= 11 is 0. The molecule has 0 saturated carbocycles. The number of rotatable bonds is 3. The summed E-state index contributed by atoms with van der Waals surface area (Å²) in [5.74, 6) is -0.813. The SMILES string of the molecule is Cc1c(O)nc(-c2ncccc2C(=O)O)n1C(C)C. The molecule has 0 bridgehead atoms. The first-order valence-electron chi connectivity index (χ1n) is 5.90. The fourth-order valence-electron chi connectivity index (χ4n) is 2.06. The first kappa shape index (κ1) is 13.1. The average Bonchev–Trinajstić information content (AvgIpc) is 2.65. The molecule has 0 saturated heterocycles. The second-order valence-electron chi connectivity index (χ2n) is 4.51. The standard InChI is InChI=1S/C13H15N3O3/c1-7(2)16-8(3)12(17)15-11(16)10-9(13(18)19)5-4-6-14-10/h4-7,17H,1-3H3,(H,18,19). The quantitative estimate of drug-likeness (QED) is 0.884. The van der Waals surface area contributed by atoms with E-state index >= 15 is 0 Å². The van der Waals surface area contributed by atoms with Crippen molar-refractivity contribution >= 4 is 5.97 Å². The van der Waals surface area contributed by atoms with Crippen molar-refractivity contribution in [2.75, 3.05) is 0 Å². The molecule has 0 spiro atoms. The monoisotopic (exact) mass is 261 g/mol. The van der Waals surface area contributed by atoms with Gasteiger partial charge in [0, 0.05) is 12.2 Å². The molecule has 100 valence electrons. The molecule has 0 radical (unpaired) electrons. The van der Waals surface area contributed by atoms with E-state index in [4.69, 9.17) is 0 Å². The van der Waals surface area contributed by atoms with Crippen LogP contribution in [0.1, 0.15) is 35.9 Å². The third-order valence-corrected chi connectivity index (χ3v) is 2.89. The van der Waals surface area contributed by atoms with Crippen LogP contribution >= 0.6 is 0 Å². The van der Waals surface area contributed by atoms with Gasteiger partial charge in [-0.15, -0.1) is 0 Å². The minimum absolute atomic E-state index is 0.0343. The van der Waals surface area contributed by atoms with E-state index in [2.05, 4.69) is 9.97 Å². The normalized spacial score (nSPS) is 10.9. The summed E-state index contributed by atoms with van der Waals surface area (Å²) in [4.78, 5) is 19.4. The fourth-order valence-corrected chi connectivity index (χ4v) is 2.06. The highest BCUT2D eigenvalue weighted by Crippen LogP contribution is 2.29. The van der Waals surface area contributed by atoms with Gasteiger partial charge < -0.3 is 14.8 Å². The van der Waals surface area contributed by atoms with Gasteiger partial charge in [0.1, 0.15) is 5.69 Å². The molecule has 2 rings (SSSR count). The van der Waals surface area contributed by atoms with Crippen LogP contribution in [0.3, 0.4) is 0 Å². The van der Waals surface area contributed by atoms with E-state index < -0.39 is 5.97 Å². The second kappa shape index (κ2) is 4.72. The summed E-state index contributed by atoms with van der Waals surface area (Å²) in [6.45, 7) is 5.59. The number of aromatic carboxylic acids is 1. The van der Waals surface area contributed by atoms with Crippen LogP contribution in [-0.4, -0.2) is 30.7 Å². The molecule has 0 fully saturated rings. The van der Waals surface area contributed by atoms with E-state index in [9.17, 15) is 15.0 Å². The molecule has 0 atom stereocenters. The van der Waals surface area contributed by atoms with Crippen molar-refractivity contribution in [1.82, 2.24) is 14.5 Å². The molecule has 19 heavy (non-hydrogen) atoms. The summed E-state index contributed by atoms with van der Waals surface area (Å²) in [6, 6.07) is 3.06. The lowest BCUT2D eigenvalue weighted by molar-refractivity contribution is 0.0697. The maximum Gasteiger partial charge on any atom is 0.338 e. The Labute approximate surface area is 110 Å². The Bertz CT molecular complexity index is 632. The van der Waals surface area contributed by atoms with E-state index in [0.29, 0.717) is 11.5 Å². The second-order valence-corrected chi connectivity index (χ2v) is 4.51. The molecule has 2 N–H and O–H groups in total. The molecule has 0 unspecified atom stereocenters. The number of carboxylic acids is 1. The molecule has 0 aliphatic carbocycles. The molecule has 6 nitrogen and oxygen atoms in total. The highest BCUT2D eigenvalue weighted by atomic mass is 16.4. The van der Waals surface area contributed by atoms with Crippen LogP contribution in [0.25, 0.3) is 11.5 Å². The van der Waals surface area contributed by atoms with Gasteiger partial charge in [-0.05, 0) is 32.9 Å². The van der Waals surface area contributed by atoms with Crippen molar-refractivity contribution in [1.29, 1.82) is 0 Å². The lowest BCUT2D eigenvalue weighted by atomic mass is 10.2. The van der Waals surface area contributed by atoms with Gasteiger partial charge >= 0.3 is 5.97 Å². The average molecular weight is 261 g/mol. The number of pyridine rings is 1. The van der Waals surface area contributed by atoms with E-state index in [1.807, 2.05) is 13.8 Å². The van der Waals surface area contributed by atoms with Gasteiger partial charge in [-0.1, -0.05) is 0 Å². The van der Waals surface area contributed by atoms with Crippen LogP contribution in [0.15, 0.2) is 18.3 Å². The van der Waals surface area contributed by atoms with Crippen LogP contribution < -0.4 is 0 Å². The van der Waals surface area contributed by atoms with Crippen LogP contribution in [0.5, 0.6) is 5.88 Å². The number of aromatic hydroxyl groups is 1. The predicted molar refractivity (Wildman–Crippen MR) is 69.2 cm³/mol. The maximum absolute atomic E-state index is 11.2. The van der Waals surface area contributed by atoms with Crippen LogP contribution in [0, 0.1) is 6.92 Å². The molecule has 0 amide bonds. The largest absolute Gasteiger partial charge is 0.492 e. The molecule has 0 aliphatic heterocycles. The van der Waals surface area contributed by atoms with Gasteiger partial charge in [-0.25, -0.2) is 4.79 Å². The van der Waals surface area contributed by atoms with Crippen molar-refractivity contribution in [2.24, 2.45) is 0 Å². The van der Waals surface area contributed by atoms with Crippen LogP contribution in [0.2, 0.25) is 0 Å². The maximum atomic E-state index is 11.2. The highest BCUT2D eigenvalue weighted by Gasteiger charge is 2.22. The van der Waals surface area contributed by atoms with Crippen molar-refractivity contribution in [3.05, 3.63) is 29.6 Å². The van der Waals surface area contributed by atoms with Gasteiger partial charge in [0.15, 0.2) is 5.82 Å². The molecule has 2 heterocycles. The first-order valence-corrected chi connectivity index (χ1v) is 5.90. The zero-order valence-corrected chi connectivity index (χ0v) is 11.0. The molecule has 0 aromatic carbocycles. The first-order chi connectivity index (χ1) is 8.93. The minimum atomic E-state index is -1.07. The lowest BCUT2D eigenvalue weighted by Gasteiger charge is -2.14. The summed E-state index contributed by atoms with van der Waals surface area (Å²) in [6.07, 6.45) is 1.51. The van der Waals surface area contributed by atoms with Crippen molar-refractivity contribution in [3.8, 4) is 17.4 Å². The molecule has 2 aromatic heterocycles. The van der Waals surface area contributed by atoms with Gasteiger partial charge in [0.05, 0.1) is 11.3 Å². The van der Waals surface area contributed by atoms with Crippen molar-refractivity contribution in [3.63, 3.8) is 0 Å². The van der Waals surface area contributed by atoms with Crippen molar-refractivity contribution in [2.45, 2.75) is 26.8 Å². The number of aromatic nitrogens is 3. The fraction of sp³-hybridized carbons (Fsp3) is 0.308. The smallest absolute Gasteiger partial charge is 0.338 e. The van der Waals surface area contributed by atoms with E-state index in [1.165, 1.54) is 12.3 Å². The molecular formula is C13H15N3O3.